The van der Waals surface area contributed by atoms with Gasteiger partial charge in [0.25, 0.3) is 0 Å². The minimum Gasteiger partial charge on any atom is -0.376 e. The summed E-state index contributed by atoms with van der Waals surface area (Å²) in [6, 6.07) is 9.85. The zero-order valence-corrected chi connectivity index (χ0v) is 16.0. The molecule has 0 bridgehead atoms. The summed E-state index contributed by atoms with van der Waals surface area (Å²) >= 11 is 0. The van der Waals surface area contributed by atoms with E-state index < -0.39 is 0 Å². The van der Waals surface area contributed by atoms with Crippen LogP contribution in [0.25, 0.3) is 11.3 Å². The van der Waals surface area contributed by atoms with Crippen molar-refractivity contribution in [3.05, 3.63) is 59.1 Å². The van der Waals surface area contributed by atoms with E-state index in [2.05, 4.69) is 15.6 Å². The van der Waals surface area contributed by atoms with Crippen molar-refractivity contribution in [2.75, 3.05) is 13.2 Å². The van der Waals surface area contributed by atoms with Gasteiger partial charge in [-0.15, -0.1) is 0 Å². The number of aromatic nitrogens is 3. The number of amides is 1. The monoisotopic (exact) mass is 380 g/mol. The summed E-state index contributed by atoms with van der Waals surface area (Å²) in [5, 5.41) is 11.7. The Bertz CT molecular complexity index is 946. The van der Waals surface area contributed by atoms with Crippen LogP contribution in [-0.2, 0) is 42.4 Å². The molecule has 0 radical (unpaired) electrons. The Balaban J connectivity index is 1.28. The van der Waals surface area contributed by atoms with Gasteiger partial charge in [-0.25, -0.2) is 0 Å². The molecule has 1 aromatic carbocycles. The largest absolute Gasteiger partial charge is 0.376 e. The van der Waals surface area contributed by atoms with Crippen LogP contribution in [0, 0.1) is 0 Å². The van der Waals surface area contributed by atoms with Crippen LogP contribution < -0.4 is 5.32 Å². The number of benzene rings is 1. The fourth-order valence-electron chi connectivity index (χ4n) is 3.61. The Morgan fingerprint density at radius 3 is 2.96 bits per heavy atom. The first-order valence-corrected chi connectivity index (χ1v) is 9.59. The van der Waals surface area contributed by atoms with Crippen molar-refractivity contribution in [3.8, 4) is 11.3 Å². The van der Waals surface area contributed by atoms with Crippen LogP contribution in [0.1, 0.15) is 28.9 Å². The minimum atomic E-state index is 0.0151. The SMILES string of the molecule is Cn1nc(CCNC(=O)CCc2conc2-c2ccccc2)c2c1CCOC2. The van der Waals surface area contributed by atoms with Crippen molar-refractivity contribution in [3.63, 3.8) is 0 Å². The maximum atomic E-state index is 12.3. The smallest absolute Gasteiger partial charge is 0.220 e. The van der Waals surface area contributed by atoms with Crippen LogP contribution in [0.3, 0.4) is 0 Å². The summed E-state index contributed by atoms with van der Waals surface area (Å²) in [6.07, 6.45) is 4.21. The number of ether oxygens (including phenoxy) is 1. The van der Waals surface area contributed by atoms with Gasteiger partial charge in [-0.05, 0) is 6.42 Å². The average molecular weight is 380 g/mol. The molecule has 0 spiro atoms. The number of carbonyl (C=O) groups is 1. The molecule has 0 unspecified atom stereocenters. The molecular weight excluding hydrogens is 356 g/mol. The van der Waals surface area contributed by atoms with E-state index in [1.165, 1.54) is 11.3 Å². The van der Waals surface area contributed by atoms with E-state index in [0.29, 0.717) is 32.4 Å². The lowest BCUT2D eigenvalue weighted by Crippen LogP contribution is -2.26. The standard InChI is InChI=1S/C21H24N4O3/c1-25-19-10-12-27-14-17(19)18(23-25)9-11-22-20(26)8-7-16-13-28-24-21(16)15-5-3-2-4-6-15/h2-6,13H,7-12,14H2,1H3,(H,22,26). The maximum Gasteiger partial charge on any atom is 0.220 e. The zero-order valence-electron chi connectivity index (χ0n) is 16.0. The van der Waals surface area contributed by atoms with E-state index in [0.717, 1.165) is 35.5 Å². The molecule has 28 heavy (non-hydrogen) atoms. The van der Waals surface area contributed by atoms with Gasteiger partial charge in [0.2, 0.25) is 5.91 Å². The van der Waals surface area contributed by atoms with Gasteiger partial charge in [-0.3, -0.25) is 9.48 Å². The molecule has 0 aliphatic carbocycles. The molecule has 1 aliphatic rings. The number of nitrogens with one attached hydrogen (secondary N) is 1. The van der Waals surface area contributed by atoms with Crippen LogP contribution in [0.4, 0.5) is 0 Å². The molecule has 1 amide bonds. The summed E-state index contributed by atoms with van der Waals surface area (Å²) in [5.41, 5.74) is 6.18. The highest BCUT2D eigenvalue weighted by atomic mass is 16.5. The first-order valence-electron chi connectivity index (χ1n) is 9.59. The number of fused-ring (bicyclic) bond motifs is 1. The average Bonchev–Trinajstić information content (AvgIpc) is 3.32. The lowest BCUT2D eigenvalue weighted by molar-refractivity contribution is -0.121. The van der Waals surface area contributed by atoms with E-state index in [1.54, 1.807) is 6.26 Å². The lowest BCUT2D eigenvalue weighted by atomic mass is 10.0. The minimum absolute atomic E-state index is 0.0151. The van der Waals surface area contributed by atoms with E-state index in [4.69, 9.17) is 9.26 Å². The number of rotatable bonds is 7. The van der Waals surface area contributed by atoms with Crippen molar-refractivity contribution in [2.45, 2.75) is 32.3 Å². The van der Waals surface area contributed by atoms with E-state index in [-0.39, 0.29) is 5.91 Å². The Morgan fingerprint density at radius 1 is 1.25 bits per heavy atom. The zero-order chi connectivity index (χ0) is 19.3. The molecular formula is C21H24N4O3. The predicted molar refractivity (Wildman–Crippen MR) is 104 cm³/mol. The lowest BCUT2D eigenvalue weighted by Gasteiger charge is -2.13. The summed E-state index contributed by atoms with van der Waals surface area (Å²) < 4.78 is 12.6. The Hall–Kier alpha value is -2.93. The molecule has 0 atom stereocenters. The van der Waals surface area contributed by atoms with E-state index in [1.807, 2.05) is 42.1 Å². The highest BCUT2D eigenvalue weighted by Crippen LogP contribution is 2.23. The normalized spacial score (nSPS) is 13.3. The van der Waals surface area contributed by atoms with Crippen LogP contribution >= 0.6 is 0 Å². The Kier molecular flexibility index (Phi) is 5.53. The molecule has 7 heteroatoms. The molecule has 7 nitrogen and oxygen atoms in total. The quantitative estimate of drug-likeness (QED) is 0.681. The fraction of sp³-hybridized carbons (Fsp3) is 0.381. The molecule has 3 heterocycles. The third-order valence-electron chi connectivity index (χ3n) is 5.08. The van der Waals surface area contributed by atoms with Crippen molar-refractivity contribution < 1.29 is 14.1 Å². The van der Waals surface area contributed by atoms with Crippen LogP contribution in [0.2, 0.25) is 0 Å². The van der Waals surface area contributed by atoms with Gasteiger partial charge < -0.3 is 14.6 Å². The van der Waals surface area contributed by atoms with Crippen LogP contribution in [-0.4, -0.2) is 34.0 Å². The molecule has 1 N–H and O–H groups in total. The summed E-state index contributed by atoms with van der Waals surface area (Å²) in [7, 11) is 1.97. The summed E-state index contributed by atoms with van der Waals surface area (Å²) in [6.45, 7) is 1.93. The first-order chi connectivity index (χ1) is 13.7. The second-order valence-electron chi connectivity index (χ2n) is 6.95. The van der Waals surface area contributed by atoms with E-state index in [9.17, 15) is 4.79 Å². The highest BCUT2D eigenvalue weighted by Gasteiger charge is 2.19. The summed E-state index contributed by atoms with van der Waals surface area (Å²) in [5.74, 6) is 0.0151. The Labute approximate surface area is 163 Å². The third-order valence-corrected chi connectivity index (χ3v) is 5.08. The molecule has 0 fully saturated rings. The third kappa shape index (κ3) is 3.99. The van der Waals surface area contributed by atoms with Gasteiger partial charge in [0.1, 0.15) is 12.0 Å². The molecule has 2 aromatic heterocycles. The second kappa shape index (κ2) is 8.39. The number of hydrogen-bond acceptors (Lipinski definition) is 5. The molecule has 1 aliphatic heterocycles. The number of carbonyl (C=O) groups excluding carboxylic acids is 1. The van der Waals surface area contributed by atoms with Crippen LogP contribution in [0.15, 0.2) is 41.1 Å². The van der Waals surface area contributed by atoms with Crippen molar-refractivity contribution in [1.29, 1.82) is 0 Å². The second-order valence-corrected chi connectivity index (χ2v) is 6.95. The van der Waals surface area contributed by atoms with Crippen LogP contribution in [0.5, 0.6) is 0 Å². The molecule has 0 saturated heterocycles. The van der Waals surface area contributed by atoms with E-state index >= 15 is 0 Å². The Morgan fingerprint density at radius 2 is 2.11 bits per heavy atom. The van der Waals surface area contributed by atoms with Gasteiger partial charge in [-0.1, -0.05) is 35.5 Å². The molecule has 0 saturated carbocycles. The van der Waals surface area contributed by atoms with Gasteiger partial charge in [0, 0.05) is 55.2 Å². The number of hydrogen-bond donors (Lipinski definition) is 1. The van der Waals surface area contributed by atoms with Crippen molar-refractivity contribution >= 4 is 5.91 Å². The maximum absolute atomic E-state index is 12.3. The predicted octanol–water partition coefficient (Wildman–Crippen LogP) is 2.44. The first kappa shape index (κ1) is 18.4. The van der Waals surface area contributed by atoms with Gasteiger partial charge in [-0.2, -0.15) is 5.10 Å². The van der Waals surface area contributed by atoms with Crippen molar-refractivity contribution in [1.82, 2.24) is 20.3 Å². The number of aryl methyl sites for hydroxylation is 2. The fourth-order valence-corrected chi connectivity index (χ4v) is 3.61. The highest BCUT2D eigenvalue weighted by molar-refractivity contribution is 5.76. The van der Waals surface area contributed by atoms with Gasteiger partial charge in [0.05, 0.1) is 18.9 Å². The molecule has 3 aromatic rings. The van der Waals surface area contributed by atoms with Crippen molar-refractivity contribution in [2.24, 2.45) is 7.05 Å². The summed E-state index contributed by atoms with van der Waals surface area (Å²) in [4.78, 5) is 12.3. The number of nitrogens with zero attached hydrogens (tertiary/aromatic N) is 3. The van der Waals surface area contributed by atoms with Gasteiger partial charge >= 0.3 is 0 Å². The van der Waals surface area contributed by atoms with Gasteiger partial charge in [0.15, 0.2) is 0 Å². The topological polar surface area (TPSA) is 82.2 Å². The molecule has 4 rings (SSSR count). The molecule has 146 valence electrons.